The number of carbonyl (C=O) groups excluding carboxylic acids is 2. The van der Waals surface area contributed by atoms with E-state index in [0.29, 0.717) is 31.6 Å². The van der Waals surface area contributed by atoms with Gasteiger partial charge in [0.15, 0.2) is 6.61 Å². The highest BCUT2D eigenvalue weighted by Gasteiger charge is 2.23. The number of hydrogen-bond donors (Lipinski definition) is 2. The first kappa shape index (κ1) is 18.4. The molecule has 3 N–H and O–H groups in total. The van der Waals surface area contributed by atoms with Gasteiger partial charge in [-0.3, -0.25) is 9.59 Å². The van der Waals surface area contributed by atoms with Gasteiger partial charge in [-0.05, 0) is 37.5 Å². The van der Waals surface area contributed by atoms with Gasteiger partial charge < -0.3 is 14.8 Å². The Balaban J connectivity index is 1.91. The minimum atomic E-state index is -3.88. The van der Waals surface area contributed by atoms with Gasteiger partial charge in [-0.15, -0.1) is 0 Å². The zero-order valence-electron chi connectivity index (χ0n) is 13.3. The van der Waals surface area contributed by atoms with Gasteiger partial charge in [-0.1, -0.05) is 6.07 Å². The van der Waals surface area contributed by atoms with Crippen LogP contribution in [-0.4, -0.2) is 40.1 Å². The molecule has 1 fully saturated rings. The van der Waals surface area contributed by atoms with Crippen LogP contribution in [0, 0.1) is 12.8 Å². The van der Waals surface area contributed by atoms with Gasteiger partial charge in [-0.2, -0.15) is 0 Å². The summed E-state index contributed by atoms with van der Waals surface area (Å²) in [6.07, 6.45) is 1.16. The van der Waals surface area contributed by atoms with Crippen LogP contribution in [0.15, 0.2) is 23.1 Å². The van der Waals surface area contributed by atoms with Crippen LogP contribution in [0.2, 0.25) is 0 Å². The molecule has 1 amide bonds. The molecule has 0 aliphatic carbocycles. The van der Waals surface area contributed by atoms with Crippen molar-refractivity contribution in [3.63, 3.8) is 0 Å². The number of nitrogens with one attached hydrogen (secondary N) is 1. The van der Waals surface area contributed by atoms with Gasteiger partial charge >= 0.3 is 5.97 Å². The van der Waals surface area contributed by atoms with Gasteiger partial charge in [0.25, 0.3) is 5.91 Å². The van der Waals surface area contributed by atoms with E-state index in [0.717, 1.165) is 0 Å². The van der Waals surface area contributed by atoms with Crippen molar-refractivity contribution in [3.05, 3.63) is 23.8 Å². The van der Waals surface area contributed by atoms with Crippen molar-refractivity contribution in [2.45, 2.75) is 24.7 Å². The Morgan fingerprint density at radius 2 is 2.00 bits per heavy atom. The molecule has 8 nitrogen and oxygen atoms in total. The SMILES string of the molecule is Cc1ccc(NC(=O)COC(=O)C2CCOCC2)cc1S(N)(=O)=O. The summed E-state index contributed by atoms with van der Waals surface area (Å²) >= 11 is 0. The average molecular weight is 356 g/mol. The molecule has 0 saturated carbocycles. The van der Waals surface area contributed by atoms with Crippen LogP contribution < -0.4 is 10.5 Å². The molecular formula is C15H20N2O6S. The highest BCUT2D eigenvalue weighted by atomic mass is 32.2. The lowest BCUT2D eigenvalue weighted by molar-refractivity contribution is -0.154. The minimum Gasteiger partial charge on any atom is -0.455 e. The standard InChI is InChI=1S/C15H20N2O6S/c1-10-2-3-12(8-13(10)24(16,20)21)17-14(18)9-23-15(19)11-4-6-22-7-5-11/h2-3,8,11H,4-7,9H2,1H3,(H,17,18)(H2,16,20,21). The maximum Gasteiger partial charge on any atom is 0.309 e. The molecule has 1 aromatic rings. The number of anilines is 1. The number of sulfonamides is 1. The molecule has 0 atom stereocenters. The molecule has 1 aliphatic rings. The molecule has 1 saturated heterocycles. The smallest absolute Gasteiger partial charge is 0.309 e. The Bertz CT molecular complexity index is 725. The van der Waals surface area contributed by atoms with Crippen LogP contribution in [0.1, 0.15) is 18.4 Å². The summed E-state index contributed by atoms with van der Waals surface area (Å²) < 4.78 is 33.1. The zero-order valence-corrected chi connectivity index (χ0v) is 14.1. The van der Waals surface area contributed by atoms with Crippen LogP contribution in [0.5, 0.6) is 0 Å². The Hall–Kier alpha value is -1.97. The molecule has 1 aliphatic heterocycles. The molecule has 0 unspecified atom stereocenters. The van der Waals surface area contributed by atoms with E-state index in [9.17, 15) is 18.0 Å². The van der Waals surface area contributed by atoms with Gasteiger partial charge in [-0.25, -0.2) is 13.6 Å². The van der Waals surface area contributed by atoms with E-state index in [-0.39, 0.29) is 16.5 Å². The number of rotatable bonds is 5. The summed E-state index contributed by atoms with van der Waals surface area (Å²) in [6.45, 7) is 2.17. The van der Waals surface area contributed by atoms with E-state index in [1.165, 1.54) is 12.1 Å². The third-order valence-corrected chi connectivity index (χ3v) is 4.73. The first-order valence-corrected chi connectivity index (χ1v) is 8.99. The molecule has 0 bridgehead atoms. The summed E-state index contributed by atoms with van der Waals surface area (Å²) in [7, 11) is -3.88. The number of ether oxygens (including phenoxy) is 2. The van der Waals surface area contributed by atoms with E-state index in [2.05, 4.69) is 5.32 Å². The molecule has 0 radical (unpaired) electrons. The van der Waals surface area contributed by atoms with Gasteiger partial charge in [0.2, 0.25) is 10.0 Å². The molecule has 24 heavy (non-hydrogen) atoms. The number of nitrogens with two attached hydrogens (primary N) is 1. The Labute approximate surface area is 140 Å². The summed E-state index contributed by atoms with van der Waals surface area (Å²) in [6, 6.07) is 4.34. The molecule has 0 aromatic heterocycles. The van der Waals surface area contributed by atoms with E-state index in [1.807, 2.05) is 0 Å². The van der Waals surface area contributed by atoms with E-state index < -0.39 is 28.5 Å². The summed E-state index contributed by atoms with van der Waals surface area (Å²) in [5.74, 6) is -1.23. The van der Waals surface area contributed by atoms with Crippen molar-refractivity contribution in [1.29, 1.82) is 0 Å². The molecule has 1 heterocycles. The summed E-state index contributed by atoms with van der Waals surface area (Å²) in [5, 5.41) is 7.60. The highest BCUT2D eigenvalue weighted by Crippen LogP contribution is 2.19. The topological polar surface area (TPSA) is 125 Å². The van der Waals surface area contributed by atoms with Crippen molar-refractivity contribution in [3.8, 4) is 0 Å². The minimum absolute atomic E-state index is 0.0699. The van der Waals surface area contributed by atoms with Crippen molar-refractivity contribution < 1.29 is 27.5 Å². The Morgan fingerprint density at radius 3 is 2.62 bits per heavy atom. The number of benzene rings is 1. The summed E-state index contributed by atoms with van der Waals surface area (Å²) in [4.78, 5) is 23.6. The predicted octanol–water partition coefficient (Wildman–Crippen LogP) is 0.551. The quantitative estimate of drug-likeness (QED) is 0.742. The van der Waals surface area contributed by atoms with Crippen molar-refractivity contribution in [1.82, 2.24) is 0 Å². The molecule has 1 aromatic carbocycles. The average Bonchev–Trinajstić information content (AvgIpc) is 2.54. The first-order valence-electron chi connectivity index (χ1n) is 7.45. The third kappa shape index (κ3) is 5.02. The van der Waals surface area contributed by atoms with E-state index in [4.69, 9.17) is 14.6 Å². The number of amides is 1. The largest absolute Gasteiger partial charge is 0.455 e. The van der Waals surface area contributed by atoms with Crippen molar-refractivity contribution in [2.24, 2.45) is 11.1 Å². The number of esters is 1. The van der Waals surface area contributed by atoms with E-state index >= 15 is 0 Å². The van der Waals surface area contributed by atoms with Crippen LogP contribution in [0.3, 0.4) is 0 Å². The molecule has 132 valence electrons. The Morgan fingerprint density at radius 1 is 1.33 bits per heavy atom. The lowest BCUT2D eigenvalue weighted by Gasteiger charge is -2.20. The molecular weight excluding hydrogens is 336 g/mol. The van der Waals surface area contributed by atoms with E-state index in [1.54, 1.807) is 13.0 Å². The number of aryl methyl sites for hydroxylation is 1. The monoisotopic (exact) mass is 356 g/mol. The maximum atomic E-state index is 11.9. The Kier molecular flexibility index (Phi) is 5.92. The predicted molar refractivity (Wildman–Crippen MR) is 85.7 cm³/mol. The summed E-state index contributed by atoms with van der Waals surface area (Å²) in [5.41, 5.74) is 0.734. The molecule has 9 heteroatoms. The van der Waals surface area contributed by atoms with Gasteiger partial charge in [0, 0.05) is 18.9 Å². The maximum absolute atomic E-state index is 11.9. The first-order chi connectivity index (χ1) is 11.3. The van der Waals surface area contributed by atoms with Gasteiger partial charge in [0.1, 0.15) is 0 Å². The zero-order chi connectivity index (χ0) is 17.7. The fourth-order valence-electron chi connectivity index (χ4n) is 2.37. The second-order valence-electron chi connectivity index (χ2n) is 5.57. The lowest BCUT2D eigenvalue weighted by Crippen LogP contribution is -2.28. The van der Waals surface area contributed by atoms with Crippen molar-refractivity contribution >= 4 is 27.6 Å². The number of primary sulfonamides is 1. The second kappa shape index (κ2) is 7.73. The fraction of sp³-hybridized carbons (Fsp3) is 0.467. The van der Waals surface area contributed by atoms with Crippen LogP contribution in [0.4, 0.5) is 5.69 Å². The molecule has 2 rings (SSSR count). The number of carbonyl (C=O) groups is 2. The van der Waals surface area contributed by atoms with Crippen LogP contribution in [0.25, 0.3) is 0 Å². The highest BCUT2D eigenvalue weighted by molar-refractivity contribution is 7.89. The van der Waals surface area contributed by atoms with Crippen LogP contribution >= 0.6 is 0 Å². The number of hydrogen-bond acceptors (Lipinski definition) is 6. The lowest BCUT2D eigenvalue weighted by atomic mass is 10.0. The third-order valence-electron chi connectivity index (χ3n) is 3.68. The second-order valence-corrected chi connectivity index (χ2v) is 7.10. The van der Waals surface area contributed by atoms with Crippen molar-refractivity contribution in [2.75, 3.05) is 25.1 Å². The van der Waals surface area contributed by atoms with Crippen LogP contribution in [-0.2, 0) is 29.1 Å². The normalized spacial score (nSPS) is 15.8. The fourth-order valence-corrected chi connectivity index (χ4v) is 3.18. The van der Waals surface area contributed by atoms with Gasteiger partial charge in [0.05, 0.1) is 10.8 Å². The molecule has 0 spiro atoms.